The molecule has 1 aromatic carbocycles. The summed E-state index contributed by atoms with van der Waals surface area (Å²) < 4.78 is 0. The summed E-state index contributed by atoms with van der Waals surface area (Å²) in [5, 5.41) is 3.78. The highest BCUT2D eigenvalue weighted by atomic mass is 32.2. The molecule has 0 aliphatic carbocycles. The van der Waals surface area contributed by atoms with E-state index in [2.05, 4.69) is 50.9 Å². The second-order valence-electron chi connectivity index (χ2n) is 9.43. The molecule has 0 saturated carbocycles. The fraction of sp³-hybridized carbons (Fsp3) is 0.542. The topological polar surface area (TPSA) is 58.1 Å². The maximum atomic E-state index is 12.2. The highest BCUT2D eigenvalue weighted by Crippen LogP contribution is 2.29. The van der Waals surface area contributed by atoms with Gasteiger partial charge in [0.2, 0.25) is 0 Å². The van der Waals surface area contributed by atoms with Gasteiger partial charge in [-0.05, 0) is 36.5 Å². The molecule has 1 aromatic heterocycles. The van der Waals surface area contributed by atoms with Gasteiger partial charge in [0.15, 0.2) is 5.16 Å². The predicted octanol–water partition coefficient (Wildman–Crippen LogP) is 5.05. The second-order valence-corrected chi connectivity index (χ2v) is 10.4. The molecule has 0 atom stereocenters. The molecule has 2 aromatic rings. The third kappa shape index (κ3) is 6.21. The number of hydrogen-bond donors (Lipinski definition) is 1. The molecule has 3 rings (SSSR count). The van der Waals surface area contributed by atoms with E-state index in [9.17, 15) is 4.79 Å². The Hall–Kier alpha value is -2.08. The van der Waals surface area contributed by atoms with Crippen LogP contribution in [0.15, 0.2) is 35.5 Å². The summed E-state index contributed by atoms with van der Waals surface area (Å²) in [5.41, 5.74) is 2.93. The van der Waals surface area contributed by atoms with E-state index in [1.54, 1.807) is 11.8 Å². The molecular weight excluding hydrogens is 392 g/mol. The molecule has 0 spiro atoms. The van der Waals surface area contributed by atoms with Crippen LogP contribution in [-0.4, -0.2) is 35.5 Å². The van der Waals surface area contributed by atoms with Crippen LogP contribution >= 0.6 is 11.8 Å². The molecule has 1 amide bonds. The van der Waals surface area contributed by atoms with Crippen molar-refractivity contribution in [3.63, 3.8) is 0 Å². The van der Waals surface area contributed by atoms with Crippen molar-refractivity contribution in [2.45, 2.75) is 63.8 Å². The van der Waals surface area contributed by atoms with Crippen molar-refractivity contribution in [1.29, 1.82) is 0 Å². The van der Waals surface area contributed by atoms with E-state index in [4.69, 9.17) is 9.97 Å². The Morgan fingerprint density at radius 3 is 2.40 bits per heavy atom. The van der Waals surface area contributed by atoms with Gasteiger partial charge in [0.05, 0.1) is 5.69 Å². The zero-order valence-electron chi connectivity index (χ0n) is 18.9. The van der Waals surface area contributed by atoms with Crippen LogP contribution in [0.5, 0.6) is 0 Å². The summed E-state index contributed by atoms with van der Waals surface area (Å²) in [6.45, 7) is 13.6. The van der Waals surface area contributed by atoms with Gasteiger partial charge in [-0.2, -0.15) is 0 Å². The van der Waals surface area contributed by atoms with Crippen LogP contribution in [0.2, 0.25) is 0 Å². The lowest BCUT2D eigenvalue weighted by atomic mass is 9.92. The maximum Gasteiger partial charge on any atom is 0.251 e. The summed E-state index contributed by atoms with van der Waals surface area (Å²) >= 11 is 1.66. The van der Waals surface area contributed by atoms with Crippen LogP contribution < -0.4 is 10.2 Å². The maximum absolute atomic E-state index is 12.2. The van der Waals surface area contributed by atoms with Gasteiger partial charge in [-0.3, -0.25) is 4.79 Å². The van der Waals surface area contributed by atoms with E-state index in [-0.39, 0.29) is 11.3 Å². The number of carbonyl (C=O) groups excluding carboxylic acids is 1. The Labute approximate surface area is 185 Å². The molecule has 1 saturated heterocycles. The lowest BCUT2D eigenvalue weighted by Gasteiger charge is -2.23. The molecule has 0 radical (unpaired) electrons. The Kier molecular flexibility index (Phi) is 7.40. The van der Waals surface area contributed by atoms with Crippen molar-refractivity contribution in [3.05, 3.63) is 47.2 Å². The third-order valence-corrected chi connectivity index (χ3v) is 6.06. The third-order valence-electron chi connectivity index (χ3n) is 5.15. The van der Waals surface area contributed by atoms with E-state index in [1.165, 1.54) is 12.8 Å². The normalized spacial score (nSPS) is 14.4. The number of benzene rings is 1. The predicted molar refractivity (Wildman–Crippen MR) is 125 cm³/mol. The molecular formula is C24H34N4OS. The summed E-state index contributed by atoms with van der Waals surface area (Å²) in [4.78, 5) is 24.2. The van der Waals surface area contributed by atoms with Crippen molar-refractivity contribution in [3.8, 4) is 0 Å². The Morgan fingerprint density at radius 1 is 1.13 bits per heavy atom. The Balaban J connectivity index is 1.68. The molecule has 30 heavy (non-hydrogen) atoms. The van der Waals surface area contributed by atoms with E-state index in [0.29, 0.717) is 18.0 Å². The van der Waals surface area contributed by atoms with E-state index < -0.39 is 0 Å². The fourth-order valence-corrected chi connectivity index (χ4v) is 4.08. The number of hydrogen-bond acceptors (Lipinski definition) is 5. The first-order chi connectivity index (χ1) is 14.2. The Bertz CT molecular complexity index is 852. The highest BCUT2D eigenvalue weighted by molar-refractivity contribution is 7.98. The minimum Gasteiger partial charge on any atom is -0.356 e. The average Bonchev–Trinajstić information content (AvgIpc) is 3.25. The van der Waals surface area contributed by atoms with Crippen LogP contribution in [0.1, 0.15) is 69.1 Å². The number of nitrogens with zero attached hydrogens (tertiary/aromatic N) is 3. The summed E-state index contributed by atoms with van der Waals surface area (Å²) in [6, 6.07) is 9.99. The quantitative estimate of drug-likeness (QED) is 0.496. The molecule has 2 heterocycles. The monoisotopic (exact) mass is 426 g/mol. The summed E-state index contributed by atoms with van der Waals surface area (Å²) in [7, 11) is 0. The molecule has 6 heteroatoms. The van der Waals surface area contributed by atoms with Crippen molar-refractivity contribution < 1.29 is 4.79 Å². The van der Waals surface area contributed by atoms with Crippen LogP contribution in [0.4, 0.5) is 5.82 Å². The summed E-state index contributed by atoms with van der Waals surface area (Å²) in [5.74, 6) is 2.26. The van der Waals surface area contributed by atoms with Gasteiger partial charge in [0.25, 0.3) is 5.91 Å². The van der Waals surface area contributed by atoms with Crippen molar-refractivity contribution >= 4 is 23.5 Å². The van der Waals surface area contributed by atoms with E-state index >= 15 is 0 Å². The highest BCUT2D eigenvalue weighted by Gasteiger charge is 2.21. The van der Waals surface area contributed by atoms with Gasteiger partial charge in [0.1, 0.15) is 5.82 Å². The van der Waals surface area contributed by atoms with Crippen LogP contribution in [0.25, 0.3) is 0 Å². The van der Waals surface area contributed by atoms with Gasteiger partial charge in [-0.1, -0.05) is 58.5 Å². The zero-order chi connectivity index (χ0) is 21.7. The second kappa shape index (κ2) is 9.82. The van der Waals surface area contributed by atoms with Gasteiger partial charge in [-0.25, -0.2) is 9.97 Å². The SMILES string of the molecule is CC(C)CNC(=O)c1ccc(CSc2nc(N3CCCC3)cc(C(C)(C)C)n2)cc1. The minimum atomic E-state index is -0.0162. The largest absolute Gasteiger partial charge is 0.356 e. The van der Waals surface area contributed by atoms with Crippen molar-refractivity contribution in [2.75, 3.05) is 24.5 Å². The number of amides is 1. The molecule has 5 nitrogen and oxygen atoms in total. The van der Waals surface area contributed by atoms with Crippen molar-refractivity contribution in [2.24, 2.45) is 5.92 Å². The van der Waals surface area contributed by atoms with Crippen LogP contribution in [0.3, 0.4) is 0 Å². The Morgan fingerprint density at radius 2 is 1.80 bits per heavy atom. The first-order valence-electron chi connectivity index (χ1n) is 10.9. The fourth-order valence-electron chi connectivity index (χ4n) is 3.27. The van der Waals surface area contributed by atoms with Gasteiger partial charge >= 0.3 is 0 Å². The smallest absolute Gasteiger partial charge is 0.251 e. The lowest BCUT2D eigenvalue weighted by molar-refractivity contribution is 0.0949. The number of thioether (sulfide) groups is 1. The van der Waals surface area contributed by atoms with E-state index in [1.807, 2.05) is 24.3 Å². The molecule has 0 unspecified atom stereocenters. The van der Waals surface area contributed by atoms with Crippen molar-refractivity contribution in [1.82, 2.24) is 15.3 Å². The first kappa shape index (κ1) is 22.6. The average molecular weight is 427 g/mol. The minimum absolute atomic E-state index is 0.0145. The first-order valence-corrected chi connectivity index (χ1v) is 11.9. The number of aromatic nitrogens is 2. The number of rotatable bonds is 7. The summed E-state index contributed by atoms with van der Waals surface area (Å²) in [6.07, 6.45) is 2.46. The van der Waals surface area contributed by atoms with Gasteiger partial charge < -0.3 is 10.2 Å². The molecule has 1 aliphatic heterocycles. The molecule has 1 fully saturated rings. The van der Waals surface area contributed by atoms with E-state index in [0.717, 1.165) is 41.1 Å². The van der Waals surface area contributed by atoms with Crippen LogP contribution in [-0.2, 0) is 11.2 Å². The number of carbonyl (C=O) groups is 1. The van der Waals surface area contributed by atoms with Crippen LogP contribution in [0, 0.1) is 5.92 Å². The van der Waals surface area contributed by atoms with Gasteiger partial charge in [-0.15, -0.1) is 0 Å². The standard InChI is InChI=1S/C24H34N4OS/c1-17(2)15-25-22(29)19-10-8-18(9-11-19)16-30-23-26-20(24(3,4)5)14-21(27-23)28-12-6-7-13-28/h8-11,14,17H,6-7,12-13,15-16H2,1-5H3,(H,25,29). The molecule has 1 N–H and O–H groups in total. The zero-order valence-corrected chi connectivity index (χ0v) is 19.7. The number of anilines is 1. The molecule has 162 valence electrons. The van der Waals surface area contributed by atoms with Gasteiger partial charge in [0, 0.05) is 42.4 Å². The molecule has 0 bridgehead atoms. The number of nitrogens with one attached hydrogen (secondary N) is 1. The molecule has 1 aliphatic rings. The lowest BCUT2D eigenvalue weighted by Crippen LogP contribution is -2.27.